The number of hydrogen-bond donors (Lipinski definition) is 1. The van der Waals surface area contributed by atoms with Crippen LogP contribution in [0.4, 0.5) is 10.5 Å². The van der Waals surface area contributed by atoms with Gasteiger partial charge in [0.05, 0.1) is 6.04 Å². The van der Waals surface area contributed by atoms with E-state index in [9.17, 15) is 9.59 Å². The number of aromatic nitrogens is 2. The lowest BCUT2D eigenvalue weighted by Gasteiger charge is -2.22. The molecule has 4 rings (SSSR count). The van der Waals surface area contributed by atoms with Gasteiger partial charge >= 0.3 is 6.03 Å². The van der Waals surface area contributed by atoms with Gasteiger partial charge in [-0.05, 0) is 37.6 Å². The third-order valence-electron chi connectivity index (χ3n) is 5.50. The molecule has 1 aromatic carbocycles. The molecule has 0 spiro atoms. The van der Waals surface area contributed by atoms with Crippen LogP contribution in [-0.2, 0) is 4.79 Å². The lowest BCUT2D eigenvalue weighted by atomic mass is 10.0. The van der Waals surface area contributed by atoms with E-state index in [0.717, 1.165) is 5.56 Å². The number of amides is 3. The van der Waals surface area contributed by atoms with Crippen LogP contribution in [-0.4, -0.2) is 64.0 Å². The second-order valence-corrected chi connectivity index (χ2v) is 7.87. The van der Waals surface area contributed by atoms with E-state index in [1.165, 1.54) is 0 Å². The zero-order valence-electron chi connectivity index (χ0n) is 16.4. The number of likely N-dealkylation sites (tertiary alicyclic amines) is 2. The molecule has 0 aliphatic carbocycles. The quantitative estimate of drug-likeness (QED) is 0.832. The van der Waals surface area contributed by atoms with Gasteiger partial charge in [0.15, 0.2) is 6.10 Å². The fourth-order valence-electron chi connectivity index (χ4n) is 3.93. The van der Waals surface area contributed by atoms with E-state index in [-0.39, 0.29) is 23.9 Å². The average Bonchev–Trinajstić information content (AvgIpc) is 3.20. The van der Waals surface area contributed by atoms with E-state index in [4.69, 9.17) is 16.3 Å². The number of anilines is 1. The van der Waals surface area contributed by atoms with Crippen molar-refractivity contribution in [2.45, 2.75) is 26.0 Å². The number of likely N-dealkylation sites (N-methyl/N-ethyl adjacent to an activating group) is 1. The third-order valence-corrected chi connectivity index (χ3v) is 5.93. The first-order valence-electron chi connectivity index (χ1n) is 9.38. The van der Waals surface area contributed by atoms with Crippen molar-refractivity contribution in [2.75, 3.05) is 25.5 Å². The molecule has 3 atom stereocenters. The van der Waals surface area contributed by atoms with E-state index in [0.29, 0.717) is 35.5 Å². The first-order valence-corrected chi connectivity index (χ1v) is 9.76. The standard InChI is InChI=1S/C20H22ClN5O3/c1-11-8-13(4-5-15(11)21)24-20(28)26-9-14-16(10-26)25(3)19(27)18(14)29-17-6-7-22-12(2)23-17/h4-8,14,16,18H,9-10H2,1-3H3,(H,24,28)/t14-,16+,18-/m0/s1. The minimum Gasteiger partial charge on any atom is -0.464 e. The van der Waals surface area contributed by atoms with Gasteiger partial charge in [0, 0.05) is 49.0 Å². The van der Waals surface area contributed by atoms with Crippen LogP contribution in [0.3, 0.4) is 0 Å². The summed E-state index contributed by atoms with van der Waals surface area (Å²) >= 11 is 6.05. The number of halogens is 1. The number of nitrogens with zero attached hydrogens (tertiary/aromatic N) is 4. The van der Waals surface area contributed by atoms with Gasteiger partial charge in [-0.2, -0.15) is 4.98 Å². The number of ether oxygens (including phenoxy) is 1. The van der Waals surface area contributed by atoms with Crippen molar-refractivity contribution in [3.8, 4) is 5.88 Å². The minimum absolute atomic E-state index is 0.0897. The van der Waals surface area contributed by atoms with Crippen molar-refractivity contribution < 1.29 is 14.3 Å². The highest BCUT2D eigenvalue weighted by molar-refractivity contribution is 6.31. The van der Waals surface area contributed by atoms with Crippen molar-refractivity contribution in [3.63, 3.8) is 0 Å². The van der Waals surface area contributed by atoms with Crippen molar-refractivity contribution in [3.05, 3.63) is 46.9 Å². The molecule has 1 aromatic heterocycles. The molecular formula is C20H22ClN5O3. The largest absolute Gasteiger partial charge is 0.464 e. The van der Waals surface area contributed by atoms with E-state index in [1.807, 2.05) is 13.0 Å². The molecule has 3 heterocycles. The topological polar surface area (TPSA) is 87.7 Å². The summed E-state index contributed by atoms with van der Waals surface area (Å²) in [5.74, 6) is 0.720. The Labute approximate surface area is 173 Å². The first kappa shape index (κ1) is 19.4. The summed E-state index contributed by atoms with van der Waals surface area (Å²) in [6.45, 7) is 4.52. The normalized spacial score (nSPS) is 23.3. The van der Waals surface area contributed by atoms with Crippen molar-refractivity contribution in [2.24, 2.45) is 5.92 Å². The third kappa shape index (κ3) is 3.72. The number of carbonyl (C=O) groups excluding carboxylic acids is 2. The average molecular weight is 416 g/mol. The monoisotopic (exact) mass is 415 g/mol. The van der Waals surface area contributed by atoms with Crippen LogP contribution < -0.4 is 10.1 Å². The Kier molecular flexibility index (Phi) is 5.04. The highest BCUT2D eigenvalue weighted by Gasteiger charge is 2.53. The number of rotatable bonds is 3. The molecule has 0 radical (unpaired) electrons. The Morgan fingerprint density at radius 1 is 1.28 bits per heavy atom. The zero-order chi connectivity index (χ0) is 20.7. The summed E-state index contributed by atoms with van der Waals surface area (Å²) in [6.07, 6.45) is 0.927. The lowest BCUT2D eigenvalue weighted by Crippen LogP contribution is -2.41. The van der Waals surface area contributed by atoms with E-state index in [2.05, 4.69) is 15.3 Å². The molecule has 0 bridgehead atoms. The number of urea groups is 1. The summed E-state index contributed by atoms with van der Waals surface area (Å²) in [5, 5.41) is 3.55. The van der Waals surface area contributed by atoms with Crippen molar-refractivity contribution >= 4 is 29.2 Å². The molecule has 29 heavy (non-hydrogen) atoms. The second-order valence-electron chi connectivity index (χ2n) is 7.46. The minimum atomic E-state index is -0.671. The maximum atomic E-state index is 12.8. The Balaban J connectivity index is 1.46. The number of benzene rings is 1. The molecule has 9 heteroatoms. The molecule has 152 valence electrons. The van der Waals surface area contributed by atoms with Crippen LogP contribution in [0.25, 0.3) is 0 Å². The van der Waals surface area contributed by atoms with Gasteiger partial charge in [-0.25, -0.2) is 9.78 Å². The molecule has 2 fully saturated rings. The highest BCUT2D eigenvalue weighted by atomic mass is 35.5. The number of carbonyl (C=O) groups is 2. The van der Waals surface area contributed by atoms with Crippen molar-refractivity contribution in [1.82, 2.24) is 19.8 Å². The van der Waals surface area contributed by atoms with Crippen LogP contribution in [0.2, 0.25) is 5.02 Å². The van der Waals surface area contributed by atoms with Gasteiger partial charge in [0.1, 0.15) is 5.82 Å². The molecule has 2 aliphatic heterocycles. The smallest absolute Gasteiger partial charge is 0.321 e. The zero-order valence-corrected chi connectivity index (χ0v) is 17.2. The Morgan fingerprint density at radius 2 is 2.07 bits per heavy atom. The van der Waals surface area contributed by atoms with Crippen LogP contribution in [0.1, 0.15) is 11.4 Å². The van der Waals surface area contributed by atoms with Crippen LogP contribution >= 0.6 is 11.6 Å². The Morgan fingerprint density at radius 3 is 2.79 bits per heavy atom. The molecule has 1 N–H and O–H groups in total. The predicted molar refractivity (Wildman–Crippen MR) is 108 cm³/mol. The summed E-state index contributed by atoms with van der Waals surface area (Å²) in [5.41, 5.74) is 1.57. The van der Waals surface area contributed by atoms with Crippen LogP contribution in [0, 0.1) is 19.8 Å². The number of nitrogens with one attached hydrogen (secondary N) is 1. The summed E-state index contributed by atoms with van der Waals surface area (Å²) < 4.78 is 5.91. The van der Waals surface area contributed by atoms with Gasteiger partial charge < -0.3 is 19.9 Å². The maximum Gasteiger partial charge on any atom is 0.321 e. The van der Waals surface area contributed by atoms with Gasteiger partial charge in [-0.1, -0.05) is 11.6 Å². The lowest BCUT2D eigenvalue weighted by molar-refractivity contribution is -0.133. The van der Waals surface area contributed by atoms with Crippen LogP contribution in [0.5, 0.6) is 5.88 Å². The molecular weight excluding hydrogens is 394 g/mol. The summed E-state index contributed by atoms with van der Waals surface area (Å²) in [4.78, 5) is 37.1. The SMILES string of the molecule is Cc1nccc(O[C@@H]2C(=O)N(C)[C@@H]3CN(C(=O)Nc4ccc(Cl)c(C)c4)C[C@H]23)n1. The number of fused-ring (bicyclic) bond motifs is 1. The molecule has 8 nitrogen and oxygen atoms in total. The maximum absolute atomic E-state index is 12.8. The van der Waals surface area contributed by atoms with Crippen LogP contribution in [0.15, 0.2) is 30.5 Å². The summed E-state index contributed by atoms with van der Waals surface area (Å²) in [6, 6.07) is 6.69. The molecule has 0 saturated carbocycles. The molecule has 0 unspecified atom stereocenters. The summed E-state index contributed by atoms with van der Waals surface area (Å²) in [7, 11) is 1.75. The van der Waals surface area contributed by atoms with Gasteiger partial charge in [0.25, 0.3) is 5.91 Å². The highest BCUT2D eigenvalue weighted by Crippen LogP contribution is 2.34. The fraction of sp³-hybridized carbons (Fsp3) is 0.400. The van der Waals surface area contributed by atoms with Gasteiger partial charge in [-0.15, -0.1) is 0 Å². The molecule has 2 saturated heterocycles. The van der Waals surface area contributed by atoms with E-state index >= 15 is 0 Å². The number of aryl methyl sites for hydroxylation is 2. The van der Waals surface area contributed by atoms with Gasteiger partial charge in [-0.3, -0.25) is 4.79 Å². The Hall–Kier alpha value is -2.87. The molecule has 2 aromatic rings. The van der Waals surface area contributed by atoms with E-state index < -0.39 is 6.10 Å². The molecule has 3 amide bonds. The second kappa shape index (κ2) is 7.51. The predicted octanol–water partition coefficient (Wildman–Crippen LogP) is 2.50. The molecule has 2 aliphatic rings. The van der Waals surface area contributed by atoms with Crippen molar-refractivity contribution in [1.29, 1.82) is 0 Å². The first-order chi connectivity index (χ1) is 13.8. The van der Waals surface area contributed by atoms with Gasteiger partial charge in [0.2, 0.25) is 5.88 Å². The number of hydrogen-bond acceptors (Lipinski definition) is 5. The fourth-order valence-corrected chi connectivity index (χ4v) is 4.04. The Bertz CT molecular complexity index is 969. The van der Waals surface area contributed by atoms with E-state index in [1.54, 1.807) is 48.2 Å².